The minimum Gasteiger partial charge on any atom is -0.396 e. The zero-order chi connectivity index (χ0) is 15.0. The summed E-state index contributed by atoms with van der Waals surface area (Å²) in [5.74, 6) is 0. The molecule has 1 aromatic carbocycles. The molecular formula is C13H18Cl2N2O2S. The Balaban J connectivity index is 2.21. The van der Waals surface area contributed by atoms with Gasteiger partial charge < -0.3 is 5.73 Å². The van der Waals surface area contributed by atoms with Crippen LogP contribution < -0.4 is 10.5 Å². The largest absolute Gasteiger partial charge is 0.396 e. The highest BCUT2D eigenvalue weighted by Gasteiger charge is 2.36. The number of anilines is 1. The lowest BCUT2D eigenvalue weighted by Crippen LogP contribution is -2.41. The van der Waals surface area contributed by atoms with Crippen LogP contribution in [0, 0.1) is 5.41 Å². The molecule has 0 atom stereocenters. The fraction of sp³-hybridized carbons (Fsp3) is 0.538. The number of halogens is 2. The highest BCUT2D eigenvalue weighted by atomic mass is 35.5. The van der Waals surface area contributed by atoms with Crippen molar-refractivity contribution < 1.29 is 8.42 Å². The Morgan fingerprint density at radius 3 is 2.50 bits per heavy atom. The molecule has 1 saturated carbocycles. The van der Waals surface area contributed by atoms with E-state index in [1.165, 1.54) is 12.1 Å². The van der Waals surface area contributed by atoms with E-state index in [0.717, 1.165) is 25.7 Å². The van der Waals surface area contributed by atoms with Crippen molar-refractivity contribution in [2.45, 2.75) is 37.5 Å². The molecular weight excluding hydrogens is 319 g/mol. The Kier molecular flexibility index (Phi) is 4.54. The van der Waals surface area contributed by atoms with Crippen LogP contribution in [0.2, 0.25) is 10.0 Å². The van der Waals surface area contributed by atoms with E-state index in [-0.39, 0.29) is 26.0 Å². The minimum absolute atomic E-state index is 0.0216. The van der Waals surface area contributed by atoms with Crippen LogP contribution >= 0.6 is 23.2 Å². The third kappa shape index (κ3) is 2.91. The lowest BCUT2D eigenvalue weighted by Gasteiger charge is -2.41. The first-order chi connectivity index (χ1) is 9.31. The average Bonchev–Trinajstić information content (AvgIpc) is 2.35. The van der Waals surface area contributed by atoms with E-state index in [4.69, 9.17) is 28.9 Å². The summed E-state index contributed by atoms with van der Waals surface area (Å²) in [6, 6.07) is 2.82. The van der Waals surface area contributed by atoms with Crippen LogP contribution in [0.15, 0.2) is 17.0 Å². The van der Waals surface area contributed by atoms with E-state index in [9.17, 15) is 8.42 Å². The van der Waals surface area contributed by atoms with E-state index in [2.05, 4.69) is 11.6 Å². The van der Waals surface area contributed by atoms with Crippen LogP contribution in [0.1, 0.15) is 32.6 Å². The predicted molar refractivity (Wildman–Crippen MR) is 82.6 cm³/mol. The first-order valence-corrected chi connectivity index (χ1v) is 8.78. The SMILES string of the molecule is CCC1(CNS(=O)(=O)c2ccc(Cl)c(N)c2Cl)CCC1. The van der Waals surface area contributed by atoms with Crippen molar-refractivity contribution in [1.82, 2.24) is 4.72 Å². The standard InChI is InChI=1S/C13H18Cl2N2O2S/c1-2-13(6-3-7-13)8-17-20(18,19)10-5-4-9(14)12(16)11(10)15/h4-5,17H,2-3,6-8,16H2,1H3. The van der Waals surface area contributed by atoms with Gasteiger partial charge in [-0.15, -0.1) is 0 Å². The summed E-state index contributed by atoms with van der Waals surface area (Å²) in [5.41, 5.74) is 5.85. The Labute approximate surface area is 129 Å². The summed E-state index contributed by atoms with van der Waals surface area (Å²) in [7, 11) is -3.67. The maximum absolute atomic E-state index is 12.3. The lowest BCUT2D eigenvalue weighted by molar-refractivity contribution is 0.133. The smallest absolute Gasteiger partial charge is 0.242 e. The van der Waals surface area contributed by atoms with Crippen LogP contribution in [0.4, 0.5) is 5.69 Å². The van der Waals surface area contributed by atoms with E-state index < -0.39 is 10.0 Å². The first-order valence-electron chi connectivity index (χ1n) is 6.54. The van der Waals surface area contributed by atoms with Gasteiger partial charge in [-0.05, 0) is 36.8 Å². The van der Waals surface area contributed by atoms with Crippen LogP contribution in [0.3, 0.4) is 0 Å². The number of nitrogen functional groups attached to an aromatic ring is 1. The fourth-order valence-corrected chi connectivity index (χ4v) is 4.34. The van der Waals surface area contributed by atoms with Crippen molar-refractivity contribution in [1.29, 1.82) is 0 Å². The molecule has 0 aromatic heterocycles. The van der Waals surface area contributed by atoms with Crippen molar-refractivity contribution in [3.8, 4) is 0 Å². The molecule has 0 aliphatic heterocycles. The topological polar surface area (TPSA) is 72.2 Å². The zero-order valence-electron chi connectivity index (χ0n) is 11.2. The molecule has 0 radical (unpaired) electrons. The second-order valence-corrected chi connectivity index (χ2v) is 7.83. The maximum Gasteiger partial charge on any atom is 0.242 e. The van der Waals surface area contributed by atoms with Gasteiger partial charge in [-0.25, -0.2) is 13.1 Å². The molecule has 0 heterocycles. The molecule has 4 nitrogen and oxygen atoms in total. The van der Waals surface area contributed by atoms with Crippen LogP contribution in [0.5, 0.6) is 0 Å². The van der Waals surface area contributed by atoms with Gasteiger partial charge in [0, 0.05) is 6.54 Å². The van der Waals surface area contributed by atoms with E-state index in [1.807, 2.05) is 0 Å². The Morgan fingerprint density at radius 1 is 1.35 bits per heavy atom. The molecule has 20 heavy (non-hydrogen) atoms. The number of benzene rings is 1. The van der Waals surface area contributed by atoms with Crippen molar-refractivity contribution in [3.05, 3.63) is 22.2 Å². The van der Waals surface area contributed by atoms with Gasteiger partial charge >= 0.3 is 0 Å². The molecule has 1 aromatic rings. The second kappa shape index (κ2) is 5.72. The lowest BCUT2D eigenvalue weighted by atomic mass is 9.67. The van der Waals surface area contributed by atoms with Gasteiger partial charge in [0.1, 0.15) is 4.90 Å². The second-order valence-electron chi connectivity index (χ2n) is 5.30. The predicted octanol–water partition coefficient (Wildman–Crippen LogP) is 3.43. The summed E-state index contributed by atoms with van der Waals surface area (Å²) >= 11 is 11.8. The van der Waals surface area contributed by atoms with Gasteiger partial charge in [0.05, 0.1) is 15.7 Å². The van der Waals surface area contributed by atoms with Crippen LogP contribution in [-0.4, -0.2) is 15.0 Å². The molecule has 0 unspecified atom stereocenters. The summed E-state index contributed by atoms with van der Waals surface area (Å²) in [6.45, 7) is 2.52. The van der Waals surface area contributed by atoms with Crippen molar-refractivity contribution >= 4 is 38.9 Å². The van der Waals surface area contributed by atoms with E-state index in [0.29, 0.717) is 6.54 Å². The average molecular weight is 337 g/mol. The number of nitrogens with two attached hydrogens (primary N) is 1. The van der Waals surface area contributed by atoms with Crippen molar-refractivity contribution in [2.24, 2.45) is 5.41 Å². The monoisotopic (exact) mass is 336 g/mol. The van der Waals surface area contributed by atoms with Gasteiger partial charge in [-0.3, -0.25) is 0 Å². The van der Waals surface area contributed by atoms with Crippen molar-refractivity contribution in [2.75, 3.05) is 12.3 Å². The third-order valence-corrected chi connectivity index (χ3v) is 6.47. The van der Waals surface area contributed by atoms with Gasteiger partial charge in [0.15, 0.2) is 0 Å². The Bertz CT molecular complexity index is 608. The summed E-state index contributed by atoms with van der Waals surface area (Å²) in [5, 5.41) is 0.224. The van der Waals surface area contributed by atoms with E-state index >= 15 is 0 Å². The molecule has 1 fully saturated rings. The van der Waals surface area contributed by atoms with Gasteiger partial charge in [0.2, 0.25) is 10.0 Å². The maximum atomic E-state index is 12.3. The molecule has 7 heteroatoms. The van der Waals surface area contributed by atoms with Crippen molar-refractivity contribution in [3.63, 3.8) is 0 Å². The number of hydrogen-bond acceptors (Lipinski definition) is 3. The quantitative estimate of drug-likeness (QED) is 0.809. The number of nitrogens with one attached hydrogen (secondary N) is 1. The molecule has 0 amide bonds. The van der Waals surface area contributed by atoms with Gasteiger partial charge in [0.25, 0.3) is 0 Å². The minimum atomic E-state index is -3.67. The normalized spacial score (nSPS) is 17.8. The number of sulfonamides is 1. The summed E-state index contributed by atoms with van der Waals surface area (Å²) in [4.78, 5) is -0.0216. The van der Waals surface area contributed by atoms with Gasteiger partial charge in [-0.1, -0.05) is 36.5 Å². The molecule has 0 spiro atoms. The van der Waals surface area contributed by atoms with Crippen LogP contribution in [-0.2, 0) is 10.0 Å². The number of rotatable bonds is 5. The Morgan fingerprint density at radius 2 is 2.00 bits per heavy atom. The highest BCUT2D eigenvalue weighted by molar-refractivity contribution is 7.89. The third-order valence-electron chi connectivity index (χ3n) is 4.18. The molecule has 1 aliphatic rings. The zero-order valence-corrected chi connectivity index (χ0v) is 13.6. The molecule has 3 N–H and O–H groups in total. The summed E-state index contributed by atoms with van der Waals surface area (Å²) < 4.78 is 27.3. The first kappa shape index (κ1) is 15.9. The van der Waals surface area contributed by atoms with Crippen LogP contribution in [0.25, 0.3) is 0 Å². The molecule has 112 valence electrons. The molecule has 2 rings (SSSR count). The highest BCUT2D eigenvalue weighted by Crippen LogP contribution is 2.43. The Hall–Kier alpha value is -0.490. The number of hydrogen-bond donors (Lipinski definition) is 2. The fourth-order valence-electron chi connectivity index (χ4n) is 2.41. The molecule has 1 aliphatic carbocycles. The van der Waals surface area contributed by atoms with E-state index in [1.54, 1.807) is 0 Å². The molecule has 0 bridgehead atoms. The molecule has 0 saturated heterocycles. The van der Waals surface area contributed by atoms with Gasteiger partial charge in [-0.2, -0.15) is 0 Å². The summed E-state index contributed by atoms with van der Waals surface area (Å²) in [6.07, 6.45) is 4.24.